The number of ketones is 1. The maximum absolute atomic E-state index is 12.8. The number of anilines is 1. The van der Waals surface area contributed by atoms with E-state index in [0.717, 1.165) is 22.7 Å². The summed E-state index contributed by atoms with van der Waals surface area (Å²) in [7, 11) is -3.37. The van der Waals surface area contributed by atoms with E-state index in [2.05, 4.69) is 6.07 Å². The first-order valence-corrected chi connectivity index (χ1v) is 11.9. The van der Waals surface area contributed by atoms with Gasteiger partial charge in [-0.15, -0.1) is 0 Å². The number of hydrogen-bond donors (Lipinski definition) is 0. The van der Waals surface area contributed by atoms with Crippen LogP contribution in [0.25, 0.3) is 10.9 Å². The van der Waals surface area contributed by atoms with E-state index in [1.165, 1.54) is 10.4 Å². The Kier molecular flexibility index (Phi) is 5.72. The lowest BCUT2D eigenvalue weighted by Gasteiger charge is -2.16. The van der Waals surface area contributed by atoms with Crippen LogP contribution in [0.1, 0.15) is 32.7 Å². The normalized spacial score (nSPS) is 13.1. The van der Waals surface area contributed by atoms with E-state index in [1.807, 2.05) is 28.8 Å². The summed E-state index contributed by atoms with van der Waals surface area (Å²) in [5.41, 5.74) is 2.85. The minimum absolute atomic E-state index is 0.267. The first-order valence-electron chi connectivity index (χ1n) is 10.1. The third kappa shape index (κ3) is 4.09. The highest BCUT2D eigenvalue weighted by Crippen LogP contribution is 2.31. The average molecular weight is 452 g/mol. The Balaban J connectivity index is 1.49. The summed E-state index contributed by atoms with van der Waals surface area (Å²) in [4.78, 5) is 25.3. The third-order valence-electron chi connectivity index (χ3n) is 5.46. The molecule has 0 aliphatic carbocycles. The molecule has 0 atom stereocenters. The molecule has 1 aliphatic rings. The van der Waals surface area contributed by atoms with Gasteiger partial charge in [0, 0.05) is 35.8 Å². The zero-order chi connectivity index (χ0) is 22.9. The number of sulfonamides is 1. The van der Waals surface area contributed by atoms with Gasteiger partial charge in [-0.1, -0.05) is 18.2 Å². The van der Waals surface area contributed by atoms with Crippen LogP contribution in [-0.4, -0.2) is 44.1 Å². The van der Waals surface area contributed by atoms with Gasteiger partial charge in [-0.25, -0.2) is 13.2 Å². The van der Waals surface area contributed by atoms with Crippen LogP contribution >= 0.6 is 0 Å². The molecule has 0 saturated heterocycles. The number of aromatic nitrogens is 1. The van der Waals surface area contributed by atoms with Gasteiger partial charge < -0.3 is 9.30 Å². The number of hydrogen-bond acceptors (Lipinski definition) is 6. The lowest BCUT2D eigenvalue weighted by molar-refractivity contribution is 0.0475. The fraction of sp³-hybridized carbons (Fsp3) is 0.261. The Morgan fingerprint density at radius 1 is 1.19 bits per heavy atom. The summed E-state index contributed by atoms with van der Waals surface area (Å²) in [5, 5.41) is 9.60. The molecule has 0 bridgehead atoms. The molecule has 9 heteroatoms. The molecule has 164 valence electrons. The van der Waals surface area contributed by atoms with Crippen molar-refractivity contribution in [3.63, 3.8) is 0 Å². The monoisotopic (exact) mass is 451 g/mol. The fourth-order valence-electron chi connectivity index (χ4n) is 3.96. The van der Waals surface area contributed by atoms with Crippen LogP contribution < -0.4 is 4.31 Å². The second kappa shape index (κ2) is 8.48. The molecule has 1 aromatic heterocycles. The number of ether oxygens (including phenoxy) is 1. The van der Waals surface area contributed by atoms with E-state index < -0.39 is 22.6 Å². The van der Waals surface area contributed by atoms with Gasteiger partial charge in [-0.2, -0.15) is 5.26 Å². The minimum Gasteiger partial charge on any atom is -0.454 e. The van der Waals surface area contributed by atoms with Crippen molar-refractivity contribution in [1.82, 2.24) is 4.57 Å². The Hall–Kier alpha value is -3.64. The molecule has 0 N–H and O–H groups in total. The number of nitriles is 1. The number of rotatable bonds is 7. The molecule has 0 fully saturated rings. The molecule has 0 spiro atoms. The molecule has 0 radical (unpaired) electrons. The third-order valence-corrected chi connectivity index (χ3v) is 6.64. The van der Waals surface area contributed by atoms with E-state index in [4.69, 9.17) is 10.00 Å². The molecule has 2 aromatic carbocycles. The highest BCUT2D eigenvalue weighted by molar-refractivity contribution is 7.92. The summed E-state index contributed by atoms with van der Waals surface area (Å²) in [6, 6.07) is 14.2. The van der Waals surface area contributed by atoms with E-state index in [-0.39, 0.29) is 11.3 Å². The molecular weight excluding hydrogens is 430 g/mol. The summed E-state index contributed by atoms with van der Waals surface area (Å²) >= 11 is 0. The Morgan fingerprint density at radius 3 is 2.72 bits per heavy atom. The van der Waals surface area contributed by atoms with E-state index in [9.17, 15) is 18.0 Å². The Bertz CT molecular complexity index is 1370. The van der Waals surface area contributed by atoms with Crippen LogP contribution in [0.2, 0.25) is 0 Å². The van der Waals surface area contributed by atoms with E-state index in [1.54, 1.807) is 18.3 Å². The number of benzene rings is 2. The Labute approximate surface area is 185 Å². The predicted octanol–water partition coefficient (Wildman–Crippen LogP) is 2.92. The van der Waals surface area contributed by atoms with E-state index >= 15 is 0 Å². The van der Waals surface area contributed by atoms with Gasteiger partial charge in [0.1, 0.15) is 0 Å². The van der Waals surface area contributed by atoms with Gasteiger partial charge >= 0.3 is 5.97 Å². The minimum atomic E-state index is -3.37. The number of fused-ring (bicyclic) bond motifs is 2. The first-order chi connectivity index (χ1) is 15.3. The molecule has 1 aliphatic heterocycles. The average Bonchev–Trinajstić information content (AvgIpc) is 3.37. The molecule has 0 unspecified atom stereocenters. The van der Waals surface area contributed by atoms with Gasteiger partial charge in [0.25, 0.3) is 0 Å². The predicted molar refractivity (Wildman–Crippen MR) is 119 cm³/mol. The van der Waals surface area contributed by atoms with E-state index in [0.29, 0.717) is 37.2 Å². The fourth-order valence-corrected chi connectivity index (χ4v) is 4.92. The zero-order valence-corrected chi connectivity index (χ0v) is 18.3. The van der Waals surface area contributed by atoms with Crippen molar-refractivity contribution < 1.29 is 22.7 Å². The number of para-hydroxylation sites is 1. The molecule has 0 amide bonds. The summed E-state index contributed by atoms with van der Waals surface area (Å²) < 4.78 is 32.1. The summed E-state index contributed by atoms with van der Waals surface area (Å²) in [5.74, 6) is -0.984. The largest absolute Gasteiger partial charge is 0.454 e. The van der Waals surface area contributed by atoms with Gasteiger partial charge in [-0.3, -0.25) is 9.10 Å². The van der Waals surface area contributed by atoms with Crippen LogP contribution in [0.15, 0.2) is 48.7 Å². The second-order valence-corrected chi connectivity index (χ2v) is 9.50. The SMILES string of the molecule is CS(=O)(=O)N1CCc2cc(C(=O)OCC(=O)c3cn(CCC#N)c4ccccc34)ccc21. The smallest absolute Gasteiger partial charge is 0.338 e. The number of carbonyl (C=O) groups is 2. The lowest BCUT2D eigenvalue weighted by Crippen LogP contribution is -2.27. The highest BCUT2D eigenvalue weighted by Gasteiger charge is 2.27. The quantitative estimate of drug-likeness (QED) is 0.404. The lowest BCUT2D eigenvalue weighted by atomic mass is 10.1. The van der Waals surface area contributed by atoms with Crippen LogP contribution in [0.4, 0.5) is 5.69 Å². The number of nitrogens with zero attached hydrogens (tertiary/aromatic N) is 3. The Morgan fingerprint density at radius 2 is 1.97 bits per heavy atom. The highest BCUT2D eigenvalue weighted by atomic mass is 32.2. The number of Topliss-reactive ketones (excluding diaryl/α,β-unsaturated/α-hetero) is 1. The van der Waals surface area contributed by atoms with Crippen LogP contribution in [0, 0.1) is 11.3 Å². The van der Waals surface area contributed by atoms with Gasteiger partial charge in [0.2, 0.25) is 15.8 Å². The van der Waals surface area contributed by atoms with Crippen molar-refractivity contribution in [2.75, 3.05) is 23.7 Å². The molecule has 3 aromatic rings. The molecule has 4 rings (SSSR count). The molecule has 2 heterocycles. The maximum Gasteiger partial charge on any atom is 0.338 e. The van der Waals surface area contributed by atoms with Gasteiger partial charge in [0.15, 0.2) is 6.61 Å². The zero-order valence-electron chi connectivity index (χ0n) is 17.4. The van der Waals surface area contributed by atoms with Crippen molar-refractivity contribution in [1.29, 1.82) is 5.26 Å². The topological polar surface area (TPSA) is 109 Å². The van der Waals surface area contributed by atoms with Crippen molar-refractivity contribution >= 4 is 38.4 Å². The van der Waals surface area contributed by atoms with Gasteiger partial charge in [0.05, 0.1) is 30.0 Å². The van der Waals surface area contributed by atoms with Crippen LogP contribution in [0.3, 0.4) is 0 Å². The molecule has 0 saturated carbocycles. The van der Waals surface area contributed by atoms with Crippen molar-refractivity contribution in [3.8, 4) is 6.07 Å². The standard InChI is InChI=1S/C23H21N3O5S/c1-32(29,30)26-12-9-16-13-17(7-8-20(16)26)23(28)31-15-22(27)19-14-25(11-4-10-24)21-6-3-2-5-18(19)21/h2-3,5-8,13-14H,4,9,11-12,15H2,1H3. The number of aryl methyl sites for hydroxylation is 1. The van der Waals surface area contributed by atoms with Crippen molar-refractivity contribution in [2.24, 2.45) is 0 Å². The number of esters is 1. The number of carbonyl (C=O) groups excluding carboxylic acids is 2. The molecule has 32 heavy (non-hydrogen) atoms. The van der Waals surface area contributed by atoms with Crippen molar-refractivity contribution in [3.05, 3.63) is 65.4 Å². The summed E-state index contributed by atoms with van der Waals surface area (Å²) in [6.07, 6.45) is 3.65. The second-order valence-electron chi connectivity index (χ2n) is 7.59. The molecule has 8 nitrogen and oxygen atoms in total. The summed E-state index contributed by atoms with van der Waals surface area (Å²) in [6.45, 7) is 0.377. The maximum atomic E-state index is 12.8. The molecular formula is C23H21N3O5S. The van der Waals surface area contributed by atoms with Gasteiger partial charge in [-0.05, 0) is 36.2 Å². The van der Waals surface area contributed by atoms with Crippen LogP contribution in [-0.2, 0) is 27.7 Å². The van der Waals surface area contributed by atoms with Crippen molar-refractivity contribution in [2.45, 2.75) is 19.4 Å². The van der Waals surface area contributed by atoms with Crippen LogP contribution in [0.5, 0.6) is 0 Å². The first kappa shape index (κ1) is 21.6.